The van der Waals surface area contributed by atoms with Crippen molar-refractivity contribution in [3.05, 3.63) is 35.4 Å². The molecule has 1 N–H and O–H groups in total. The van der Waals surface area contributed by atoms with Crippen LogP contribution < -0.4 is 5.32 Å². The van der Waals surface area contributed by atoms with Crippen LogP contribution in [-0.4, -0.2) is 12.6 Å². The van der Waals surface area contributed by atoms with Crippen LogP contribution in [0.1, 0.15) is 24.8 Å². The van der Waals surface area contributed by atoms with Crippen molar-refractivity contribution in [3.63, 3.8) is 0 Å². The van der Waals surface area contributed by atoms with Crippen LogP contribution in [0.3, 0.4) is 0 Å². The summed E-state index contributed by atoms with van der Waals surface area (Å²) < 4.78 is 25.6. The predicted octanol–water partition coefficient (Wildman–Crippen LogP) is 2.43. The third-order valence-electron chi connectivity index (χ3n) is 2.77. The molecule has 1 aliphatic heterocycles. The summed E-state index contributed by atoms with van der Waals surface area (Å²) in [5, 5.41) is 3.29. The van der Waals surface area contributed by atoms with Crippen molar-refractivity contribution in [2.75, 3.05) is 6.54 Å². The largest absolute Gasteiger partial charge is 0.314 e. The standard InChI is InChI=1S/C11H13F2N/c1-7-4-9(6-14-7)8-2-3-10(12)11(13)5-8/h2-3,5,7,9,14H,4,6H2,1H3. The third kappa shape index (κ3) is 1.77. The van der Waals surface area contributed by atoms with E-state index in [-0.39, 0.29) is 0 Å². The maximum Gasteiger partial charge on any atom is 0.159 e. The molecule has 1 fully saturated rings. The summed E-state index contributed by atoms with van der Waals surface area (Å²) in [5.74, 6) is -1.20. The Morgan fingerprint density at radius 3 is 2.64 bits per heavy atom. The lowest BCUT2D eigenvalue weighted by Gasteiger charge is -2.08. The highest BCUT2D eigenvalue weighted by Crippen LogP contribution is 2.26. The van der Waals surface area contributed by atoms with Gasteiger partial charge in [-0.15, -0.1) is 0 Å². The van der Waals surface area contributed by atoms with Crippen molar-refractivity contribution in [2.45, 2.75) is 25.3 Å². The Morgan fingerprint density at radius 1 is 1.29 bits per heavy atom. The van der Waals surface area contributed by atoms with Gasteiger partial charge in [-0.05, 0) is 37.0 Å². The summed E-state index contributed by atoms with van der Waals surface area (Å²) in [4.78, 5) is 0. The molecule has 76 valence electrons. The first-order valence-corrected chi connectivity index (χ1v) is 4.85. The molecule has 0 radical (unpaired) electrons. The van der Waals surface area contributed by atoms with E-state index < -0.39 is 11.6 Å². The molecule has 1 nitrogen and oxygen atoms in total. The molecule has 14 heavy (non-hydrogen) atoms. The van der Waals surface area contributed by atoms with Gasteiger partial charge in [0, 0.05) is 12.6 Å². The van der Waals surface area contributed by atoms with Crippen molar-refractivity contribution >= 4 is 0 Å². The fourth-order valence-electron chi connectivity index (χ4n) is 1.96. The van der Waals surface area contributed by atoms with Crippen molar-refractivity contribution in [1.29, 1.82) is 0 Å². The van der Waals surface area contributed by atoms with Gasteiger partial charge in [-0.2, -0.15) is 0 Å². The Balaban J connectivity index is 2.20. The first kappa shape index (κ1) is 9.59. The molecule has 0 amide bonds. The summed E-state index contributed by atoms with van der Waals surface area (Å²) in [7, 11) is 0. The summed E-state index contributed by atoms with van der Waals surface area (Å²) in [5.41, 5.74) is 0.890. The van der Waals surface area contributed by atoms with Gasteiger partial charge in [-0.1, -0.05) is 6.07 Å². The average Bonchev–Trinajstić information content (AvgIpc) is 2.57. The van der Waals surface area contributed by atoms with E-state index in [1.54, 1.807) is 6.07 Å². The van der Waals surface area contributed by atoms with Gasteiger partial charge >= 0.3 is 0 Å². The maximum absolute atomic E-state index is 12.9. The molecule has 1 aromatic carbocycles. The average molecular weight is 197 g/mol. The second-order valence-electron chi connectivity index (χ2n) is 3.92. The minimum Gasteiger partial charge on any atom is -0.314 e. The molecule has 2 unspecified atom stereocenters. The van der Waals surface area contributed by atoms with Gasteiger partial charge in [0.2, 0.25) is 0 Å². The minimum absolute atomic E-state index is 0.320. The zero-order valence-electron chi connectivity index (χ0n) is 8.06. The third-order valence-corrected chi connectivity index (χ3v) is 2.77. The first-order valence-electron chi connectivity index (χ1n) is 4.85. The zero-order valence-corrected chi connectivity index (χ0v) is 8.06. The molecular formula is C11H13F2N. The van der Waals surface area contributed by atoms with Crippen molar-refractivity contribution in [1.82, 2.24) is 5.32 Å². The zero-order chi connectivity index (χ0) is 10.1. The number of benzene rings is 1. The molecule has 2 rings (SSSR count). The first-order chi connectivity index (χ1) is 6.66. The van der Waals surface area contributed by atoms with Gasteiger partial charge in [0.25, 0.3) is 0 Å². The van der Waals surface area contributed by atoms with Crippen LogP contribution in [0.25, 0.3) is 0 Å². The Kier molecular flexibility index (Phi) is 2.50. The molecule has 0 aromatic heterocycles. The van der Waals surface area contributed by atoms with Gasteiger partial charge in [-0.25, -0.2) is 8.78 Å². The molecule has 1 aliphatic rings. The second kappa shape index (κ2) is 3.65. The maximum atomic E-state index is 12.9. The van der Waals surface area contributed by atoms with Crippen LogP contribution in [0.2, 0.25) is 0 Å². The van der Waals surface area contributed by atoms with Crippen LogP contribution in [-0.2, 0) is 0 Å². The lowest BCUT2D eigenvalue weighted by atomic mass is 9.96. The summed E-state index contributed by atoms with van der Waals surface area (Å²) in [6, 6.07) is 4.64. The quantitative estimate of drug-likeness (QED) is 0.729. The van der Waals surface area contributed by atoms with E-state index in [9.17, 15) is 8.78 Å². The smallest absolute Gasteiger partial charge is 0.159 e. The van der Waals surface area contributed by atoms with E-state index in [4.69, 9.17) is 0 Å². The Labute approximate surface area is 82.1 Å². The molecule has 0 bridgehead atoms. The SMILES string of the molecule is CC1CC(c2ccc(F)c(F)c2)CN1. The Morgan fingerprint density at radius 2 is 2.07 bits per heavy atom. The van der Waals surface area contributed by atoms with Crippen molar-refractivity contribution in [3.8, 4) is 0 Å². The lowest BCUT2D eigenvalue weighted by Crippen LogP contribution is -2.16. The van der Waals surface area contributed by atoms with Crippen LogP contribution >= 0.6 is 0 Å². The van der Waals surface area contributed by atoms with E-state index in [1.807, 2.05) is 0 Å². The van der Waals surface area contributed by atoms with Crippen LogP contribution in [0, 0.1) is 11.6 Å². The van der Waals surface area contributed by atoms with Gasteiger partial charge in [0.05, 0.1) is 0 Å². The number of hydrogen-bond acceptors (Lipinski definition) is 1. The van der Waals surface area contributed by atoms with Gasteiger partial charge < -0.3 is 5.32 Å². The molecule has 1 aromatic rings. The van der Waals surface area contributed by atoms with Crippen LogP contribution in [0.4, 0.5) is 8.78 Å². The highest BCUT2D eigenvalue weighted by atomic mass is 19.2. The van der Waals surface area contributed by atoms with E-state index >= 15 is 0 Å². The number of hydrogen-bond donors (Lipinski definition) is 1. The normalized spacial score (nSPS) is 26.8. The van der Waals surface area contributed by atoms with Crippen molar-refractivity contribution in [2.24, 2.45) is 0 Å². The van der Waals surface area contributed by atoms with Gasteiger partial charge in [0.15, 0.2) is 11.6 Å². The highest BCUT2D eigenvalue weighted by molar-refractivity contribution is 5.23. The molecule has 1 saturated heterocycles. The topological polar surface area (TPSA) is 12.0 Å². The van der Waals surface area contributed by atoms with E-state index in [0.717, 1.165) is 18.5 Å². The second-order valence-corrected chi connectivity index (χ2v) is 3.92. The fourth-order valence-corrected chi connectivity index (χ4v) is 1.96. The minimum atomic E-state index is -0.771. The Bertz CT molecular complexity index is 338. The van der Waals surface area contributed by atoms with Crippen LogP contribution in [0.15, 0.2) is 18.2 Å². The monoisotopic (exact) mass is 197 g/mol. The van der Waals surface area contributed by atoms with E-state index in [0.29, 0.717) is 12.0 Å². The summed E-state index contributed by atoms with van der Waals surface area (Å²) >= 11 is 0. The molecule has 0 spiro atoms. The number of rotatable bonds is 1. The van der Waals surface area contributed by atoms with E-state index in [1.165, 1.54) is 12.1 Å². The van der Waals surface area contributed by atoms with Gasteiger partial charge in [-0.3, -0.25) is 0 Å². The van der Waals surface area contributed by atoms with Gasteiger partial charge in [0.1, 0.15) is 0 Å². The highest BCUT2D eigenvalue weighted by Gasteiger charge is 2.22. The number of halogens is 2. The van der Waals surface area contributed by atoms with E-state index in [2.05, 4.69) is 12.2 Å². The summed E-state index contributed by atoms with van der Waals surface area (Å²) in [6.45, 7) is 2.95. The predicted molar refractivity (Wildman–Crippen MR) is 51.2 cm³/mol. The lowest BCUT2D eigenvalue weighted by molar-refractivity contribution is 0.505. The number of nitrogens with one attached hydrogen (secondary N) is 1. The molecule has 3 heteroatoms. The molecular weight excluding hydrogens is 184 g/mol. The molecule has 2 atom stereocenters. The Hall–Kier alpha value is -0.960. The fraction of sp³-hybridized carbons (Fsp3) is 0.455. The molecule has 1 heterocycles. The molecule has 0 aliphatic carbocycles. The summed E-state index contributed by atoms with van der Waals surface area (Å²) in [6.07, 6.45) is 0.991. The molecule has 0 saturated carbocycles. The van der Waals surface area contributed by atoms with Crippen LogP contribution in [0.5, 0.6) is 0 Å². The van der Waals surface area contributed by atoms with Crippen molar-refractivity contribution < 1.29 is 8.78 Å².